The minimum absolute atomic E-state index is 0.336. The molecule has 0 saturated carbocycles. The van der Waals surface area contributed by atoms with Gasteiger partial charge in [-0.3, -0.25) is 0 Å². The van der Waals surface area contributed by atoms with Crippen LogP contribution in [0.25, 0.3) is 10.9 Å². The number of hydrogen-bond donors (Lipinski definition) is 3. The summed E-state index contributed by atoms with van der Waals surface area (Å²) in [5, 5.41) is 21.4. The van der Waals surface area contributed by atoms with Crippen molar-refractivity contribution in [1.82, 2.24) is 9.97 Å². The van der Waals surface area contributed by atoms with Crippen LogP contribution in [0.3, 0.4) is 0 Å². The average Bonchev–Trinajstić information content (AvgIpc) is 2.72. The molecule has 3 N–H and O–H groups in total. The maximum atomic E-state index is 10.2. The van der Waals surface area contributed by atoms with Gasteiger partial charge >= 0.3 is 7.12 Å². The molecule has 2 aromatic heterocycles. The molecule has 0 aliphatic carbocycles. The van der Waals surface area contributed by atoms with Gasteiger partial charge in [-0.05, 0) is 39.8 Å². The van der Waals surface area contributed by atoms with E-state index < -0.39 is 18.3 Å². The molecule has 0 fully saturated rings. The van der Waals surface area contributed by atoms with E-state index in [1.165, 1.54) is 0 Å². The largest absolute Gasteiger partial charge is 0.508 e. The van der Waals surface area contributed by atoms with Gasteiger partial charge in [0, 0.05) is 17.2 Å². The van der Waals surface area contributed by atoms with E-state index in [0.29, 0.717) is 16.3 Å². The highest BCUT2D eigenvalue weighted by atomic mass is 35.5. The van der Waals surface area contributed by atoms with Crippen LogP contribution in [0.5, 0.6) is 0 Å². The SMILES string of the molecule is CC(C)(O)C(C)(C)OB(O)c1cc2ccnc(Cl)c2[nH]1. The highest BCUT2D eigenvalue weighted by molar-refractivity contribution is 6.59. The van der Waals surface area contributed by atoms with E-state index in [2.05, 4.69) is 9.97 Å². The topological polar surface area (TPSA) is 78.4 Å². The van der Waals surface area contributed by atoms with E-state index in [9.17, 15) is 10.1 Å². The molecule has 108 valence electrons. The maximum Gasteiger partial charge on any atom is 0.508 e. The number of hydrogen-bond acceptors (Lipinski definition) is 4. The normalized spacial score (nSPS) is 12.9. The van der Waals surface area contributed by atoms with Gasteiger partial charge in [-0.2, -0.15) is 0 Å². The first-order chi connectivity index (χ1) is 9.12. The zero-order chi connectivity index (χ0) is 15.1. The minimum Gasteiger partial charge on any atom is -0.422 e. The van der Waals surface area contributed by atoms with Crippen LogP contribution < -0.4 is 5.59 Å². The number of aliphatic hydroxyl groups is 1. The van der Waals surface area contributed by atoms with Crippen LogP contribution >= 0.6 is 11.6 Å². The third-order valence-corrected chi connectivity index (χ3v) is 3.95. The molecule has 5 nitrogen and oxygen atoms in total. The van der Waals surface area contributed by atoms with Crippen molar-refractivity contribution in [2.75, 3.05) is 0 Å². The number of nitrogens with one attached hydrogen (secondary N) is 1. The van der Waals surface area contributed by atoms with Gasteiger partial charge in [-0.25, -0.2) is 4.98 Å². The van der Waals surface area contributed by atoms with E-state index in [1.807, 2.05) is 0 Å². The Morgan fingerprint density at radius 1 is 1.35 bits per heavy atom. The van der Waals surface area contributed by atoms with Gasteiger partial charge in [-0.1, -0.05) is 11.6 Å². The van der Waals surface area contributed by atoms with E-state index in [4.69, 9.17) is 16.3 Å². The summed E-state index contributed by atoms with van der Waals surface area (Å²) in [6.07, 6.45) is 1.59. The van der Waals surface area contributed by atoms with Crippen LogP contribution in [0, 0.1) is 0 Å². The summed E-state index contributed by atoms with van der Waals surface area (Å²) in [5.74, 6) is 0. The highest BCUT2D eigenvalue weighted by Crippen LogP contribution is 2.25. The number of pyridine rings is 1. The molecule has 0 aromatic carbocycles. The Morgan fingerprint density at radius 2 is 2.00 bits per heavy atom. The summed E-state index contributed by atoms with van der Waals surface area (Å²) >= 11 is 5.98. The van der Waals surface area contributed by atoms with Crippen molar-refractivity contribution in [1.29, 1.82) is 0 Å². The summed E-state index contributed by atoms with van der Waals surface area (Å²) in [7, 11) is -1.19. The monoisotopic (exact) mass is 296 g/mol. The first-order valence-corrected chi connectivity index (χ1v) is 6.71. The van der Waals surface area contributed by atoms with Crippen molar-refractivity contribution in [3.63, 3.8) is 0 Å². The Bertz CT molecular complexity index is 622. The van der Waals surface area contributed by atoms with Crippen molar-refractivity contribution >= 4 is 35.2 Å². The maximum absolute atomic E-state index is 10.2. The molecule has 0 bridgehead atoms. The molecule has 0 amide bonds. The molecule has 20 heavy (non-hydrogen) atoms. The molecule has 7 heteroatoms. The van der Waals surface area contributed by atoms with Crippen molar-refractivity contribution in [3.8, 4) is 0 Å². The lowest BCUT2D eigenvalue weighted by Crippen LogP contribution is -2.53. The van der Waals surface area contributed by atoms with Crippen LogP contribution in [0.4, 0.5) is 0 Å². The van der Waals surface area contributed by atoms with Gasteiger partial charge in [-0.15, -0.1) is 0 Å². The van der Waals surface area contributed by atoms with Crippen molar-refractivity contribution in [2.24, 2.45) is 0 Å². The average molecular weight is 297 g/mol. The summed E-state index contributed by atoms with van der Waals surface area (Å²) < 4.78 is 5.57. The molecule has 0 aliphatic heterocycles. The van der Waals surface area contributed by atoms with Crippen LogP contribution in [0.1, 0.15) is 27.7 Å². The highest BCUT2D eigenvalue weighted by Gasteiger charge is 2.40. The van der Waals surface area contributed by atoms with Gasteiger partial charge in [0.05, 0.1) is 16.7 Å². The lowest BCUT2D eigenvalue weighted by molar-refractivity contribution is -0.0983. The van der Waals surface area contributed by atoms with Gasteiger partial charge < -0.3 is 19.8 Å². The molecular formula is C13H18BClN2O3. The standard InChI is InChI=1S/C13H18BClN2O3/c1-12(2,18)13(3,4)20-14(19)9-7-8-5-6-16-11(15)10(8)17-9/h5-7,17-19H,1-4H3. The lowest BCUT2D eigenvalue weighted by Gasteiger charge is -2.38. The summed E-state index contributed by atoms with van der Waals surface area (Å²) in [4.78, 5) is 6.95. The third-order valence-electron chi connectivity index (χ3n) is 3.66. The quantitative estimate of drug-likeness (QED) is 0.590. The predicted molar refractivity (Wildman–Crippen MR) is 80.2 cm³/mol. The van der Waals surface area contributed by atoms with Crippen molar-refractivity contribution < 1.29 is 14.8 Å². The van der Waals surface area contributed by atoms with Crippen molar-refractivity contribution in [2.45, 2.75) is 38.9 Å². The smallest absolute Gasteiger partial charge is 0.422 e. The fourth-order valence-corrected chi connectivity index (χ4v) is 1.87. The van der Waals surface area contributed by atoms with E-state index in [-0.39, 0.29) is 0 Å². The Balaban J connectivity index is 2.28. The molecule has 0 unspecified atom stereocenters. The number of aromatic amines is 1. The van der Waals surface area contributed by atoms with Crippen molar-refractivity contribution in [3.05, 3.63) is 23.5 Å². The van der Waals surface area contributed by atoms with Crippen LogP contribution in [-0.2, 0) is 4.65 Å². The minimum atomic E-state index is -1.19. The van der Waals surface area contributed by atoms with Crippen LogP contribution in [0.2, 0.25) is 5.15 Å². The van der Waals surface area contributed by atoms with E-state index >= 15 is 0 Å². The molecule has 2 rings (SSSR count). The number of halogens is 1. The third kappa shape index (κ3) is 2.83. The second-order valence-corrected chi connectivity index (χ2v) is 6.19. The summed E-state index contributed by atoms with van der Waals surface area (Å²) in [6.45, 7) is 6.69. The van der Waals surface area contributed by atoms with Crippen LogP contribution in [-0.4, -0.2) is 38.4 Å². The zero-order valence-electron chi connectivity index (χ0n) is 11.9. The molecular weight excluding hydrogens is 278 g/mol. The Labute approximate surface area is 123 Å². The molecule has 0 aliphatic rings. The molecule has 0 radical (unpaired) electrons. The van der Waals surface area contributed by atoms with E-state index in [1.54, 1.807) is 46.0 Å². The Hall–Kier alpha value is -1.08. The number of nitrogens with zero attached hydrogens (tertiary/aromatic N) is 1. The predicted octanol–water partition coefficient (Wildman–Crippen LogP) is 1.47. The number of rotatable bonds is 4. The van der Waals surface area contributed by atoms with E-state index in [0.717, 1.165) is 5.39 Å². The Kier molecular flexibility index (Phi) is 3.86. The molecule has 0 spiro atoms. The second kappa shape index (κ2) is 5.04. The fraction of sp³-hybridized carbons (Fsp3) is 0.462. The number of fused-ring (bicyclic) bond motifs is 1. The first kappa shape index (κ1) is 15.3. The molecule has 2 heterocycles. The molecule has 0 saturated heterocycles. The van der Waals surface area contributed by atoms with Gasteiger partial charge in [0.2, 0.25) is 0 Å². The fourth-order valence-electron chi connectivity index (χ4n) is 1.66. The summed E-state index contributed by atoms with van der Waals surface area (Å²) in [5.41, 5.74) is -0.912. The molecule has 2 aromatic rings. The first-order valence-electron chi connectivity index (χ1n) is 6.33. The summed E-state index contributed by atoms with van der Waals surface area (Å²) in [6, 6.07) is 3.53. The second-order valence-electron chi connectivity index (χ2n) is 5.83. The van der Waals surface area contributed by atoms with Crippen LogP contribution in [0.15, 0.2) is 18.3 Å². The van der Waals surface area contributed by atoms with Gasteiger partial charge in [0.15, 0.2) is 5.15 Å². The zero-order valence-corrected chi connectivity index (χ0v) is 12.7. The van der Waals surface area contributed by atoms with Gasteiger partial charge in [0.1, 0.15) is 0 Å². The van der Waals surface area contributed by atoms with Gasteiger partial charge in [0.25, 0.3) is 0 Å². The Morgan fingerprint density at radius 3 is 2.55 bits per heavy atom. The molecule has 0 atom stereocenters. The number of H-pyrrole nitrogens is 1. The number of aromatic nitrogens is 2. The lowest BCUT2D eigenvalue weighted by atomic mass is 9.80.